The van der Waals surface area contributed by atoms with E-state index < -0.39 is 0 Å². The molecule has 2 aliphatic rings. The zero-order chi connectivity index (χ0) is 13.3. The monoisotopic (exact) mass is 280 g/mol. The Labute approximate surface area is 117 Å². The molecule has 0 bridgehead atoms. The van der Waals surface area contributed by atoms with Crippen molar-refractivity contribution in [3.05, 3.63) is 21.9 Å². The lowest BCUT2D eigenvalue weighted by molar-refractivity contribution is -0.142. The highest BCUT2D eigenvalue weighted by Crippen LogP contribution is 2.38. The molecule has 1 aromatic heterocycles. The van der Waals surface area contributed by atoms with Crippen molar-refractivity contribution in [3.63, 3.8) is 0 Å². The normalized spacial score (nSPS) is 26.5. The Morgan fingerprint density at radius 2 is 2.16 bits per heavy atom. The van der Waals surface area contributed by atoms with Crippen molar-refractivity contribution >= 4 is 17.1 Å². The lowest BCUT2D eigenvalue weighted by atomic mass is 9.78. The topological polar surface area (TPSA) is 35.5 Å². The molecule has 0 aliphatic carbocycles. The second-order valence-electron chi connectivity index (χ2n) is 5.63. The highest BCUT2D eigenvalue weighted by atomic mass is 32.1. The fraction of sp³-hybridized carbons (Fsp3) is 0.667. The van der Waals surface area contributed by atoms with Crippen LogP contribution in [0.2, 0.25) is 0 Å². The van der Waals surface area contributed by atoms with Gasteiger partial charge in [-0.3, -0.25) is 4.79 Å². The summed E-state index contributed by atoms with van der Waals surface area (Å²) in [6.07, 6.45) is 3.59. The maximum atomic E-state index is 12.6. The summed E-state index contributed by atoms with van der Waals surface area (Å²) in [4.78, 5) is 13.6. The van der Waals surface area contributed by atoms with Gasteiger partial charge in [-0.25, -0.2) is 0 Å². The first-order valence-electron chi connectivity index (χ1n) is 7.00. The van der Waals surface area contributed by atoms with Gasteiger partial charge >= 0.3 is 0 Å². The van der Waals surface area contributed by atoms with E-state index in [2.05, 4.69) is 0 Å². The molecule has 1 aromatic rings. The Bertz CT molecular complexity index is 454. The van der Waals surface area contributed by atoms with Crippen LogP contribution in [-0.2, 0) is 9.47 Å². The molecule has 0 amide bonds. The molecule has 19 heavy (non-hydrogen) atoms. The van der Waals surface area contributed by atoms with Crippen molar-refractivity contribution in [1.29, 1.82) is 0 Å². The Balaban J connectivity index is 1.74. The maximum Gasteiger partial charge on any atom is 0.176 e. The van der Waals surface area contributed by atoms with Crippen molar-refractivity contribution in [1.82, 2.24) is 0 Å². The summed E-state index contributed by atoms with van der Waals surface area (Å²) in [5, 5.41) is 2.01. The molecule has 2 fully saturated rings. The molecule has 104 valence electrons. The van der Waals surface area contributed by atoms with Gasteiger partial charge in [0, 0.05) is 25.7 Å². The minimum atomic E-state index is -0.0952. The summed E-state index contributed by atoms with van der Waals surface area (Å²) < 4.78 is 11.4. The predicted octanol–water partition coefficient (Wildman–Crippen LogP) is 3.22. The molecule has 2 saturated heterocycles. The lowest BCUT2D eigenvalue weighted by Gasteiger charge is -2.42. The molecule has 3 rings (SSSR count). The van der Waals surface area contributed by atoms with Crippen LogP contribution < -0.4 is 0 Å². The predicted molar refractivity (Wildman–Crippen MR) is 74.8 cm³/mol. The highest BCUT2D eigenvalue weighted by molar-refractivity contribution is 7.12. The summed E-state index contributed by atoms with van der Waals surface area (Å²) in [6, 6.07) is 2.03. The van der Waals surface area contributed by atoms with Gasteiger partial charge in [0.1, 0.15) is 0 Å². The molecule has 1 atom stereocenters. The van der Waals surface area contributed by atoms with Crippen molar-refractivity contribution in [2.45, 2.75) is 38.2 Å². The van der Waals surface area contributed by atoms with Crippen molar-refractivity contribution < 1.29 is 14.3 Å². The van der Waals surface area contributed by atoms with E-state index in [0.717, 1.165) is 49.3 Å². The van der Waals surface area contributed by atoms with Crippen LogP contribution in [0.5, 0.6) is 0 Å². The minimum Gasteiger partial charge on any atom is -0.381 e. The number of Topliss-reactive ketones (excluding diaryl/α,β-unsaturated/α-hetero) is 1. The third-order valence-electron chi connectivity index (χ3n) is 4.35. The maximum absolute atomic E-state index is 12.6. The Kier molecular flexibility index (Phi) is 3.74. The lowest BCUT2D eigenvalue weighted by Crippen LogP contribution is -2.45. The molecular weight excluding hydrogens is 260 g/mol. The third-order valence-corrected chi connectivity index (χ3v) is 5.38. The number of hydrogen-bond donors (Lipinski definition) is 0. The van der Waals surface area contributed by atoms with E-state index in [4.69, 9.17) is 9.47 Å². The first kappa shape index (κ1) is 13.3. The van der Waals surface area contributed by atoms with Gasteiger partial charge in [-0.05, 0) is 49.6 Å². The molecule has 0 N–H and O–H groups in total. The van der Waals surface area contributed by atoms with Gasteiger partial charge in [-0.2, -0.15) is 0 Å². The average Bonchev–Trinajstić information content (AvgIpc) is 2.85. The highest BCUT2D eigenvalue weighted by Gasteiger charge is 2.41. The first-order valence-corrected chi connectivity index (χ1v) is 7.88. The number of rotatable bonds is 2. The second kappa shape index (κ2) is 5.35. The fourth-order valence-electron chi connectivity index (χ4n) is 3.15. The summed E-state index contributed by atoms with van der Waals surface area (Å²) in [5.41, 5.74) is 1.02. The second-order valence-corrected chi connectivity index (χ2v) is 6.55. The zero-order valence-corrected chi connectivity index (χ0v) is 12.1. The zero-order valence-electron chi connectivity index (χ0n) is 11.3. The van der Waals surface area contributed by atoms with E-state index in [0.29, 0.717) is 12.4 Å². The van der Waals surface area contributed by atoms with E-state index in [1.807, 2.05) is 18.4 Å². The van der Waals surface area contributed by atoms with Crippen molar-refractivity contribution in [2.24, 2.45) is 5.92 Å². The van der Waals surface area contributed by atoms with Gasteiger partial charge in [0.2, 0.25) is 0 Å². The molecule has 2 aliphatic heterocycles. The van der Waals surface area contributed by atoms with E-state index in [-0.39, 0.29) is 11.5 Å². The molecule has 0 radical (unpaired) electrons. The number of hydrogen-bond acceptors (Lipinski definition) is 4. The number of carbonyl (C=O) groups excluding carboxylic acids is 1. The number of ketones is 1. The molecule has 0 aromatic carbocycles. The van der Waals surface area contributed by atoms with Gasteiger partial charge < -0.3 is 9.47 Å². The van der Waals surface area contributed by atoms with Crippen molar-refractivity contribution in [2.75, 3.05) is 19.8 Å². The summed E-state index contributed by atoms with van der Waals surface area (Å²) in [5.74, 6) is 0.450. The Morgan fingerprint density at radius 1 is 1.37 bits per heavy atom. The standard InChI is InChI=1S/C15H20O3S/c1-11-3-9-19-14(11)13(16)12-2-6-18-15(10-12)4-7-17-8-5-15/h3,9,12H,2,4-8,10H2,1H3. The molecule has 3 nitrogen and oxygen atoms in total. The molecule has 3 heterocycles. The van der Waals surface area contributed by atoms with E-state index in [1.54, 1.807) is 11.3 Å². The van der Waals surface area contributed by atoms with Crippen LogP contribution in [0.4, 0.5) is 0 Å². The number of aryl methyl sites for hydroxylation is 1. The van der Waals surface area contributed by atoms with Crippen LogP contribution in [0.3, 0.4) is 0 Å². The summed E-state index contributed by atoms with van der Waals surface area (Å²) >= 11 is 1.57. The van der Waals surface area contributed by atoms with E-state index in [9.17, 15) is 4.79 Å². The van der Waals surface area contributed by atoms with Gasteiger partial charge in [0.25, 0.3) is 0 Å². The van der Waals surface area contributed by atoms with Crippen LogP contribution >= 0.6 is 11.3 Å². The largest absolute Gasteiger partial charge is 0.381 e. The van der Waals surface area contributed by atoms with Crippen molar-refractivity contribution in [3.8, 4) is 0 Å². The summed E-state index contributed by atoms with van der Waals surface area (Å²) in [7, 11) is 0. The van der Waals surface area contributed by atoms with Gasteiger partial charge in [0.05, 0.1) is 10.5 Å². The molecule has 0 saturated carbocycles. The SMILES string of the molecule is Cc1ccsc1C(=O)C1CCOC2(CCOCC2)C1. The van der Waals surface area contributed by atoms with Crippen LogP contribution in [0.15, 0.2) is 11.4 Å². The van der Waals surface area contributed by atoms with Crippen LogP contribution in [0.1, 0.15) is 40.9 Å². The molecule has 1 spiro atoms. The van der Waals surface area contributed by atoms with E-state index >= 15 is 0 Å². The minimum absolute atomic E-state index is 0.0952. The van der Waals surface area contributed by atoms with Crippen LogP contribution in [-0.4, -0.2) is 31.2 Å². The Morgan fingerprint density at radius 3 is 2.84 bits per heavy atom. The third kappa shape index (κ3) is 2.62. The smallest absolute Gasteiger partial charge is 0.176 e. The molecule has 1 unspecified atom stereocenters. The van der Waals surface area contributed by atoms with Gasteiger partial charge in [0.15, 0.2) is 5.78 Å². The molecular formula is C15H20O3S. The average molecular weight is 280 g/mol. The number of thiophene rings is 1. The Hall–Kier alpha value is -0.710. The van der Waals surface area contributed by atoms with Gasteiger partial charge in [-0.1, -0.05) is 0 Å². The van der Waals surface area contributed by atoms with E-state index in [1.165, 1.54) is 0 Å². The first-order chi connectivity index (χ1) is 9.20. The summed E-state index contributed by atoms with van der Waals surface area (Å²) in [6.45, 7) is 4.26. The number of ether oxygens (including phenoxy) is 2. The van der Waals surface area contributed by atoms with Crippen LogP contribution in [0, 0.1) is 12.8 Å². The number of carbonyl (C=O) groups is 1. The van der Waals surface area contributed by atoms with Crippen LogP contribution in [0.25, 0.3) is 0 Å². The molecule has 4 heteroatoms. The van der Waals surface area contributed by atoms with Gasteiger partial charge in [-0.15, -0.1) is 11.3 Å². The quantitative estimate of drug-likeness (QED) is 0.780. The fourth-order valence-corrected chi connectivity index (χ4v) is 4.10.